The van der Waals surface area contributed by atoms with Gasteiger partial charge in [-0.3, -0.25) is 4.79 Å². The number of hydrogen-bond donors (Lipinski definition) is 3. The quantitative estimate of drug-likeness (QED) is 0.759. The molecule has 4 N–H and O–H groups in total. The predicted molar refractivity (Wildman–Crippen MR) is 96.6 cm³/mol. The minimum Gasteiger partial charge on any atom is -0.387 e. The molecule has 3 unspecified atom stereocenters. The first-order valence-electron chi connectivity index (χ1n) is 7.73. The van der Waals surface area contributed by atoms with Gasteiger partial charge in [0.15, 0.2) is 0 Å². The van der Waals surface area contributed by atoms with Crippen LogP contribution in [0.2, 0.25) is 0 Å². The number of nitrogens with two attached hydrogens (primary N) is 1. The lowest BCUT2D eigenvalue weighted by Crippen LogP contribution is -2.45. The lowest BCUT2D eigenvalue weighted by molar-refractivity contribution is -0.123. The number of fused-ring (bicyclic) bond motifs is 1. The highest BCUT2D eigenvalue weighted by atomic mass is 35.5. The highest BCUT2D eigenvalue weighted by Gasteiger charge is 2.20. The van der Waals surface area contributed by atoms with E-state index in [1.165, 1.54) is 0 Å². The summed E-state index contributed by atoms with van der Waals surface area (Å²) < 4.78 is 0. The number of aliphatic hydroxyl groups excluding tert-OH is 1. The molecule has 126 valence electrons. The first kappa shape index (κ1) is 19.4. The fourth-order valence-corrected chi connectivity index (χ4v) is 2.36. The highest BCUT2D eigenvalue weighted by molar-refractivity contribution is 5.85. The predicted octanol–water partition coefficient (Wildman–Crippen LogP) is 2.78. The molecule has 2 aromatic carbocycles. The molecule has 0 aliphatic heterocycles. The molecule has 0 heterocycles. The fourth-order valence-electron chi connectivity index (χ4n) is 2.36. The monoisotopic (exact) mass is 336 g/mol. The number of aliphatic hydroxyl groups is 1. The van der Waals surface area contributed by atoms with E-state index in [-0.39, 0.29) is 30.8 Å². The molecule has 3 atom stereocenters. The van der Waals surface area contributed by atoms with Gasteiger partial charge in [0.05, 0.1) is 12.1 Å². The number of carbonyl (C=O) groups is 1. The third-order valence-corrected chi connectivity index (χ3v) is 4.19. The van der Waals surface area contributed by atoms with Crippen molar-refractivity contribution in [3.8, 4) is 0 Å². The molecule has 2 rings (SSSR count). The van der Waals surface area contributed by atoms with Crippen LogP contribution < -0.4 is 11.1 Å². The summed E-state index contributed by atoms with van der Waals surface area (Å²) in [6.07, 6.45) is 0.111. The van der Waals surface area contributed by atoms with E-state index in [9.17, 15) is 9.90 Å². The summed E-state index contributed by atoms with van der Waals surface area (Å²) in [5.41, 5.74) is 6.66. The molecule has 1 amide bonds. The van der Waals surface area contributed by atoms with Crippen LogP contribution in [0.1, 0.15) is 31.9 Å². The third kappa shape index (κ3) is 4.93. The second kappa shape index (κ2) is 8.87. The average molecular weight is 337 g/mol. The second-order valence-electron chi connectivity index (χ2n) is 5.78. The Hall–Kier alpha value is -1.62. The first-order chi connectivity index (χ1) is 10.5. The van der Waals surface area contributed by atoms with E-state index in [4.69, 9.17) is 5.73 Å². The highest BCUT2D eigenvalue weighted by Crippen LogP contribution is 2.20. The van der Waals surface area contributed by atoms with Crippen LogP contribution in [0.15, 0.2) is 42.5 Å². The van der Waals surface area contributed by atoms with E-state index in [1.807, 2.05) is 56.3 Å². The summed E-state index contributed by atoms with van der Waals surface area (Å²) in [5, 5.41) is 15.2. The summed E-state index contributed by atoms with van der Waals surface area (Å²) >= 11 is 0. The van der Waals surface area contributed by atoms with Gasteiger partial charge in [-0.25, -0.2) is 0 Å². The van der Waals surface area contributed by atoms with Crippen molar-refractivity contribution in [3.05, 3.63) is 48.0 Å². The van der Waals surface area contributed by atoms with Gasteiger partial charge >= 0.3 is 0 Å². The van der Waals surface area contributed by atoms with Crippen molar-refractivity contribution in [1.29, 1.82) is 0 Å². The van der Waals surface area contributed by atoms with Crippen molar-refractivity contribution in [2.45, 2.75) is 32.4 Å². The van der Waals surface area contributed by atoms with Gasteiger partial charge in [0.25, 0.3) is 0 Å². The van der Waals surface area contributed by atoms with Gasteiger partial charge in [0, 0.05) is 6.54 Å². The minimum absolute atomic E-state index is 0. The molecule has 0 aromatic heterocycles. The van der Waals surface area contributed by atoms with Crippen LogP contribution in [-0.2, 0) is 4.79 Å². The van der Waals surface area contributed by atoms with E-state index in [2.05, 4.69) is 5.32 Å². The maximum atomic E-state index is 11.9. The smallest absolute Gasteiger partial charge is 0.237 e. The van der Waals surface area contributed by atoms with Crippen LogP contribution in [0, 0.1) is 5.92 Å². The van der Waals surface area contributed by atoms with E-state index in [0.717, 1.165) is 22.8 Å². The zero-order chi connectivity index (χ0) is 16.1. The number of amides is 1. The van der Waals surface area contributed by atoms with Crippen molar-refractivity contribution in [2.75, 3.05) is 6.54 Å². The Morgan fingerprint density at radius 3 is 2.52 bits per heavy atom. The molecular formula is C18H25ClN2O2. The Bertz CT molecular complexity index is 648. The molecule has 0 aliphatic rings. The number of carbonyl (C=O) groups excluding carboxylic acids is 1. The van der Waals surface area contributed by atoms with Gasteiger partial charge in [0.2, 0.25) is 5.91 Å². The maximum absolute atomic E-state index is 11.9. The van der Waals surface area contributed by atoms with Crippen LogP contribution in [0.5, 0.6) is 0 Å². The van der Waals surface area contributed by atoms with Crippen molar-refractivity contribution < 1.29 is 9.90 Å². The zero-order valence-electron chi connectivity index (χ0n) is 13.5. The Morgan fingerprint density at radius 2 is 1.87 bits per heavy atom. The van der Waals surface area contributed by atoms with Crippen molar-refractivity contribution >= 4 is 29.1 Å². The number of benzene rings is 2. The van der Waals surface area contributed by atoms with Crippen LogP contribution >= 0.6 is 12.4 Å². The average Bonchev–Trinajstić information content (AvgIpc) is 2.57. The second-order valence-corrected chi connectivity index (χ2v) is 5.78. The molecule has 23 heavy (non-hydrogen) atoms. The maximum Gasteiger partial charge on any atom is 0.237 e. The molecule has 0 spiro atoms. The fraction of sp³-hybridized carbons (Fsp3) is 0.389. The van der Waals surface area contributed by atoms with Gasteiger partial charge in [-0.1, -0.05) is 56.7 Å². The summed E-state index contributed by atoms with van der Waals surface area (Å²) in [5.74, 6) is -0.0907. The van der Waals surface area contributed by atoms with E-state index < -0.39 is 12.1 Å². The number of rotatable bonds is 6. The Kier molecular flexibility index (Phi) is 7.49. The summed E-state index contributed by atoms with van der Waals surface area (Å²) in [6, 6.07) is 13.2. The molecule has 0 saturated heterocycles. The first-order valence-corrected chi connectivity index (χ1v) is 7.73. The van der Waals surface area contributed by atoms with E-state index in [0.29, 0.717) is 0 Å². The van der Waals surface area contributed by atoms with Crippen molar-refractivity contribution in [3.63, 3.8) is 0 Å². The summed E-state index contributed by atoms with van der Waals surface area (Å²) in [7, 11) is 0. The van der Waals surface area contributed by atoms with Crippen LogP contribution in [-0.4, -0.2) is 23.6 Å². The molecule has 2 aromatic rings. The molecule has 0 radical (unpaired) electrons. The Balaban J connectivity index is 0.00000264. The van der Waals surface area contributed by atoms with Crippen molar-refractivity contribution in [1.82, 2.24) is 5.32 Å². The largest absolute Gasteiger partial charge is 0.387 e. The molecular weight excluding hydrogens is 312 g/mol. The summed E-state index contributed by atoms with van der Waals surface area (Å²) in [6.45, 7) is 4.12. The zero-order valence-corrected chi connectivity index (χ0v) is 14.3. The minimum atomic E-state index is -0.738. The Labute approximate surface area is 143 Å². The van der Waals surface area contributed by atoms with Gasteiger partial charge in [-0.2, -0.15) is 0 Å². The van der Waals surface area contributed by atoms with Gasteiger partial charge < -0.3 is 16.2 Å². The van der Waals surface area contributed by atoms with Crippen LogP contribution in [0.4, 0.5) is 0 Å². The molecule has 4 nitrogen and oxygen atoms in total. The lowest BCUT2D eigenvalue weighted by Gasteiger charge is -2.19. The standard InChI is InChI=1S/C18H24N2O2.ClH/c1-3-12(2)17(19)18(22)20-11-16(21)15-9-8-13-6-4-5-7-14(13)10-15;/h4-10,12,16-17,21H,3,11,19H2,1-2H3,(H,20,22);1H. The van der Waals surface area contributed by atoms with Crippen LogP contribution in [0.25, 0.3) is 10.8 Å². The Morgan fingerprint density at radius 1 is 1.22 bits per heavy atom. The molecule has 5 heteroatoms. The van der Waals surface area contributed by atoms with Crippen LogP contribution in [0.3, 0.4) is 0 Å². The normalized spacial score (nSPS) is 14.6. The SMILES string of the molecule is CCC(C)C(N)C(=O)NCC(O)c1ccc2ccccc2c1.Cl. The number of nitrogens with one attached hydrogen (secondary N) is 1. The van der Waals surface area contributed by atoms with Gasteiger partial charge in [-0.15, -0.1) is 12.4 Å². The molecule has 0 aliphatic carbocycles. The molecule has 0 saturated carbocycles. The summed E-state index contributed by atoms with van der Waals surface area (Å²) in [4.78, 5) is 11.9. The number of halogens is 1. The van der Waals surface area contributed by atoms with E-state index >= 15 is 0 Å². The van der Waals surface area contributed by atoms with Gasteiger partial charge in [-0.05, 0) is 28.3 Å². The molecule has 0 bridgehead atoms. The number of hydrogen-bond acceptors (Lipinski definition) is 3. The topological polar surface area (TPSA) is 75.4 Å². The third-order valence-electron chi connectivity index (χ3n) is 4.19. The van der Waals surface area contributed by atoms with Crippen molar-refractivity contribution in [2.24, 2.45) is 11.7 Å². The van der Waals surface area contributed by atoms with E-state index in [1.54, 1.807) is 0 Å². The molecule has 0 fully saturated rings. The van der Waals surface area contributed by atoms with Gasteiger partial charge in [0.1, 0.15) is 0 Å². The lowest BCUT2D eigenvalue weighted by atomic mass is 9.99.